The van der Waals surface area contributed by atoms with Gasteiger partial charge in [-0.25, -0.2) is 19.3 Å². The first kappa shape index (κ1) is 24.3. The summed E-state index contributed by atoms with van der Waals surface area (Å²) in [4.78, 5) is 37.7. The lowest BCUT2D eigenvalue weighted by molar-refractivity contribution is 0.0417. The number of aromatic nitrogens is 4. The Bertz CT molecular complexity index is 1460. The largest absolute Gasteiger partial charge is 0.389 e. The minimum Gasteiger partial charge on any atom is -0.389 e. The summed E-state index contributed by atoms with van der Waals surface area (Å²) in [5.74, 6) is -0.953. The van der Waals surface area contributed by atoms with Crippen molar-refractivity contribution in [3.8, 4) is 11.4 Å². The molecule has 36 heavy (non-hydrogen) atoms. The van der Waals surface area contributed by atoms with Gasteiger partial charge >= 0.3 is 0 Å². The van der Waals surface area contributed by atoms with Crippen LogP contribution in [-0.2, 0) is 0 Å². The van der Waals surface area contributed by atoms with E-state index in [9.17, 15) is 19.1 Å². The Morgan fingerprint density at radius 2 is 2.00 bits per heavy atom. The monoisotopic (exact) mass is 528 g/mol. The first-order valence-corrected chi connectivity index (χ1v) is 12.5. The molecule has 3 heterocycles. The van der Waals surface area contributed by atoms with Gasteiger partial charge in [-0.1, -0.05) is 35.1 Å². The molecule has 2 amide bonds. The van der Waals surface area contributed by atoms with Gasteiger partial charge < -0.3 is 20.3 Å². The Balaban J connectivity index is 1.56. The zero-order chi connectivity index (χ0) is 25.4. The summed E-state index contributed by atoms with van der Waals surface area (Å²) in [7, 11) is 1.50. The number of nitrogens with zero attached hydrogens (tertiary/aromatic N) is 4. The topological polar surface area (TPSA) is 122 Å². The molecule has 1 saturated carbocycles. The molecular weight excluding hydrogens is 507 g/mol. The molecule has 3 N–H and O–H groups in total. The minimum absolute atomic E-state index is 0.172. The van der Waals surface area contributed by atoms with E-state index in [2.05, 4.69) is 25.6 Å². The summed E-state index contributed by atoms with van der Waals surface area (Å²) >= 11 is 6.96. The van der Waals surface area contributed by atoms with Crippen LogP contribution in [0.15, 0.2) is 42.7 Å². The van der Waals surface area contributed by atoms with Gasteiger partial charge in [0, 0.05) is 7.05 Å². The third kappa shape index (κ3) is 4.45. The number of amides is 2. The van der Waals surface area contributed by atoms with Gasteiger partial charge in [0.2, 0.25) is 0 Å². The van der Waals surface area contributed by atoms with Crippen molar-refractivity contribution in [3.05, 3.63) is 63.6 Å². The standard InChI is InChI=1S/C24H22ClFN6O3S/c1-27-22(34)16-9-15-18(10-28-16)32(21(30-15)12-5-2-3-6-13(12)26)17-8-4-7-14(20(17)33)31-23(35)24-29-11-19(25)36-24/h2-3,5-6,9-11,14,17,20,33H,4,7-8H2,1H3,(H,27,34)(H,31,35). The highest BCUT2D eigenvalue weighted by Gasteiger charge is 2.37. The number of hydrogen-bond acceptors (Lipinski definition) is 7. The zero-order valence-corrected chi connectivity index (χ0v) is 20.7. The van der Waals surface area contributed by atoms with Gasteiger partial charge in [-0.05, 0) is 37.5 Å². The van der Waals surface area contributed by atoms with E-state index >= 15 is 0 Å². The van der Waals surface area contributed by atoms with Crippen molar-refractivity contribution in [1.29, 1.82) is 0 Å². The molecule has 3 aromatic heterocycles. The summed E-state index contributed by atoms with van der Waals surface area (Å²) in [6, 6.07) is 6.68. The van der Waals surface area contributed by atoms with Crippen LogP contribution in [0.3, 0.4) is 0 Å². The predicted molar refractivity (Wildman–Crippen MR) is 134 cm³/mol. The van der Waals surface area contributed by atoms with E-state index in [4.69, 9.17) is 11.6 Å². The third-order valence-corrected chi connectivity index (χ3v) is 7.41. The summed E-state index contributed by atoms with van der Waals surface area (Å²) in [6.07, 6.45) is 3.73. The molecule has 0 aliphatic heterocycles. The van der Waals surface area contributed by atoms with Crippen molar-refractivity contribution in [2.45, 2.75) is 37.5 Å². The number of halogens is 2. The van der Waals surface area contributed by atoms with E-state index in [1.54, 1.807) is 22.8 Å². The lowest BCUT2D eigenvalue weighted by atomic mass is 9.87. The molecule has 1 aromatic carbocycles. The highest BCUT2D eigenvalue weighted by Crippen LogP contribution is 2.37. The summed E-state index contributed by atoms with van der Waals surface area (Å²) < 4.78 is 17.0. The number of carbonyl (C=O) groups is 2. The smallest absolute Gasteiger partial charge is 0.280 e. The Hall–Kier alpha value is -3.41. The van der Waals surface area contributed by atoms with Gasteiger partial charge in [0.1, 0.15) is 21.7 Å². The fraction of sp³-hybridized carbons (Fsp3) is 0.292. The number of rotatable bonds is 5. The van der Waals surface area contributed by atoms with Crippen LogP contribution in [0.2, 0.25) is 4.34 Å². The second-order valence-corrected chi connectivity index (χ2v) is 10.1. The van der Waals surface area contributed by atoms with Crippen LogP contribution >= 0.6 is 22.9 Å². The molecule has 186 valence electrons. The summed E-state index contributed by atoms with van der Waals surface area (Å²) in [5.41, 5.74) is 1.42. The maximum atomic E-state index is 14.9. The van der Waals surface area contributed by atoms with Crippen LogP contribution in [0.25, 0.3) is 22.4 Å². The van der Waals surface area contributed by atoms with Crippen molar-refractivity contribution < 1.29 is 19.1 Å². The SMILES string of the molecule is CNC(=O)c1cc2nc(-c3ccccc3F)n(C3CCCC(NC(=O)c4ncc(Cl)s4)C3O)c2cn1. The number of aliphatic hydroxyl groups excluding tert-OH is 1. The van der Waals surface area contributed by atoms with Gasteiger partial charge in [-0.15, -0.1) is 0 Å². The molecule has 3 unspecified atom stereocenters. The van der Waals surface area contributed by atoms with E-state index in [1.165, 1.54) is 31.6 Å². The van der Waals surface area contributed by atoms with Crippen molar-refractivity contribution >= 4 is 45.8 Å². The number of hydrogen-bond donors (Lipinski definition) is 3. The van der Waals surface area contributed by atoms with Gasteiger partial charge in [0.25, 0.3) is 11.8 Å². The van der Waals surface area contributed by atoms with E-state index < -0.39 is 29.9 Å². The number of imidazole rings is 1. The lowest BCUT2D eigenvalue weighted by Crippen LogP contribution is -2.49. The summed E-state index contributed by atoms with van der Waals surface area (Å²) in [6.45, 7) is 0. The average Bonchev–Trinajstić information content (AvgIpc) is 3.48. The third-order valence-electron chi connectivity index (χ3n) is 6.29. The molecule has 3 atom stereocenters. The Morgan fingerprint density at radius 3 is 2.72 bits per heavy atom. The van der Waals surface area contributed by atoms with E-state index in [0.29, 0.717) is 40.5 Å². The molecular formula is C24H22ClFN6O3S. The molecule has 1 aliphatic rings. The maximum absolute atomic E-state index is 14.9. The number of thiazole rings is 1. The van der Waals surface area contributed by atoms with Crippen LogP contribution in [0.4, 0.5) is 4.39 Å². The highest BCUT2D eigenvalue weighted by molar-refractivity contribution is 7.17. The maximum Gasteiger partial charge on any atom is 0.280 e. The van der Waals surface area contributed by atoms with Crippen molar-refractivity contribution in [2.24, 2.45) is 0 Å². The molecule has 9 nitrogen and oxygen atoms in total. The van der Waals surface area contributed by atoms with Crippen molar-refractivity contribution in [1.82, 2.24) is 30.2 Å². The number of carbonyl (C=O) groups excluding carboxylic acids is 2. The Morgan fingerprint density at radius 1 is 1.19 bits per heavy atom. The quantitative estimate of drug-likeness (QED) is 0.364. The van der Waals surface area contributed by atoms with Gasteiger partial charge in [0.05, 0.1) is 47.2 Å². The highest BCUT2D eigenvalue weighted by atomic mass is 35.5. The molecule has 1 fully saturated rings. The number of fused-ring (bicyclic) bond motifs is 1. The van der Waals surface area contributed by atoms with Crippen LogP contribution < -0.4 is 10.6 Å². The first-order valence-electron chi connectivity index (χ1n) is 11.3. The average molecular weight is 529 g/mol. The van der Waals surface area contributed by atoms with Gasteiger partial charge in [-0.3, -0.25) is 9.59 Å². The number of benzene rings is 1. The van der Waals surface area contributed by atoms with Crippen molar-refractivity contribution in [3.63, 3.8) is 0 Å². The van der Waals surface area contributed by atoms with E-state index in [1.807, 2.05) is 0 Å². The van der Waals surface area contributed by atoms with Crippen molar-refractivity contribution in [2.75, 3.05) is 7.05 Å². The minimum atomic E-state index is -1.00. The van der Waals surface area contributed by atoms with Crippen LogP contribution in [0, 0.1) is 5.82 Å². The molecule has 4 aromatic rings. The van der Waals surface area contributed by atoms with E-state index in [0.717, 1.165) is 11.3 Å². The predicted octanol–water partition coefficient (Wildman–Crippen LogP) is 3.59. The molecule has 0 spiro atoms. The molecule has 12 heteroatoms. The summed E-state index contributed by atoms with van der Waals surface area (Å²) in [5, 5.41) is 17.0. The normalized spacial score (nSPS) is 19.8. The molecule has 5 rings (SSSR count). The molecule has 0 radical (unpaired) electrons. The Kier molecular flexibility index (Phi) is 6.69. The second-order valence-electron chi connectivity index (χ2n) is 8.46. The number of aliphatic hydroxyl groups is 1. The number of nitrogens with one attached hydrogen (secondary N) is 2. The van der Waals surface area contributed by atoms with Crippen LogP contribution in [0.1, 0.15) is 45.6 Å². The van der Waals surface area contributed by atoms with Crippen LogP contribution in [0.5, 0.6) is 0 Å². The second kappa shape index (κ2) is 9.92. The number of pyridine rings is 1. The molecule has 1 aliphatic carbocycles. The zero-order valence-electron chi connectivity index (χ0n) is 19.1. The first-order chi connectivity index (χ1) is 17.4. The lowest BCUT2D eigenvalue weighted by Gasteiger charge is -2.36. The van der Waals surface area contributed by atoms with Gasteiger partial charge in [-0.2, -0.15) is 0 Å². The van der Waals surface area contributed by atoms with E-state index in [-0.39, 0.29) is 22.2 Å². The fourth-order valence-electron chi connectivity index (χ4n) is 4.60. The van der Waals surface area contributed by atoms with Crippen LogP contribution in [-0.4, -0.2) is 55.6 Å². The Labute approximate surface area is 214 Å². The molecule has 0 bridgehead atoms. The fourth-order valence-corrected chi connectivity index (χ4v) is 5.42. The van der Waals surface area contributed by atoms with Gasteiger partial charge in [0.15, 0.2) is 5.01 Å². The molecule has 0 saturated heterocycles.